The summed E-state index contributed by atoms with van der Waals surface area (Å²) in [7, 11) is 2.67. The van der Waals surface area contributed by atoms with Crippen molar-refractivity contribution in [2.24, 2.45) is 28.8 Å². The third kappa shape index (κ3) is 18.2. The number of H-pyrrole nitrogens is 3. The second kappa shape index (κ2) is 34.8. The summed E-state index contributed by atoms with van der Waals surface area (Å²) < 4.78 is 20.3. The number of anilines is 3. The summed E-state index contributed by atoms with van der Waals surface area (Å²) in [6, 6.07) is 77.0. The average Bonchev–Trinajstić information content (AvgIpc) is 1.59. The predicted octanol–water partition coefficient (Wildman–Crippen LogP) is 16.9. The number of nitrogens with one attached hydrogen (secondary N) is 7. The first-order chi connectivity index (χ1) is 57.3. The molecule has 10 aromatic carbocycles. The molecule has 5 aliphatic rings. The molecular weight excluding hydrogens is 1490 g/mol. The fourth-order valence-electron chi connectivity index (χ4n) is 15.4. The normalized spacial score (nSPS) is 18.0. The molecular formula is C95H84N8O15. The lowest BCUT2D eigenvalue weighted by Gasteiger charge is -2.08. The smallest absolute Gasteiger partial charge is 0.338 e. The van der Waals surface area contributed by atoms with Gasteiger partial charge < -0.3 is 60.1 Å². The van der Waals surface area contributed by atoms with Gasteiger partial charge in [0.25, 0.3) is 5.91 Å². The van der Waals surface area contributed by atoms with E-state index in [-0.39, 0.29) is 103 Å². The molecule has 18 rings (SSSR count). The van der Waals surface area contributed by atoms with Crippen molar-refractivity contribution in [3.05, 3.63) is 304 Å². The molecule has 0 saturated heterocycles. The molecule has 3 aromatic heterocycles. The molecule has 4 saturated carbocycles. The Bertz CT molecular complexity index is 6060. The maximum Gasteiger partial charge on any atom is 0.338 e. The summed E-state index contributed by atoms with van der Waals surface area (Å²) in [5.74, 6) is -2.32. The van der Waals surface area contributed by atoms with Crippen molar-refractivity contribution < 1.29 is 72.3 Å². The Labute approximate surface area is 678 Å². The second-order valence-electron chi connectivity index (χ2n) is 29.9. The first kappa shape index (κ1) is 78.9. The zero-order valence-corrected chi connectivity index (χ0v) is 64.9. The fourth-order valence-corrected chi connectivity index (χ4v) is 15.4. The van der Waals surface area contributed by atoms with Crippen LogP contribution in [-0.4, -0.2) is 99.1 Å². The number of carboxylic acid groups (broad SMARTS) is 1. The van der Waals surface area contributed by atoms with E-state index in [9.17, 15) is 48.3 Å². The van der Waals surface area contributed by atoms with Crippen LogP contribution in [-0.2, 0) is 67.5 Å². The van der Waals surface area contributed by atoms with Crippen molar-refractivity contribution in [1.29, 1.82) is 0 Å². The van der Waals surface area contributed by atoms with Crippen molar-refractivity contribution in [2.75, 3.05) is 30.2 Å². The Morgan fingerprint density at radius 1 is 0.432 bits per heavy atom. The van der Waals surface area contributed by atoms with Gasteiger partial charge in [0.15, 0.2) is 0 Å². The van der Waals surface area contributed by atoms with E-state index in [1.54, 1.807) is 24.4 Å². The number of rotatable bonds is 21. The number of ether oxygens (including phenoxy) is 4. The summed E-state index contributed by atoms with van der Waals surface area (Å²) >= 11 is 0. The zero-order valence-electron chi connectivity index (χ0n) is 64.9. The number of carbonyl (C=O) groups is 9. The van der Waals surface area contributed by atoms with E-state index in [2.05, 4.69) is 41.4 Å². The van der Waals surface area contributed by atoms with Crippen molar-refractivity contribution in [3.8, 4) is 33.8 Å². The van der Waals surface area contributed by atoms with Gasteiger partial charge in [-0.1, -0.05) is 176 Å². The molecule has 8 atom stereocenters. The number of carbonyl (C=O) groups excluding carboxylic acids is 8. The van der Waals surface area contributed by atoms with Gasteiger partial charge in [-0.25, -0.2) is 15.0 Å². The second-order valence-corrected chi connectivity index (χ2v) is 29.9. The maximum atomic E-state index is 13.0. The molecule has 0 spiro atoms. The van der Waals surface area contributed by atoms with Crippen LogP contribution in [0.15, 0.2) is 248 Å². The number of hydrogen-bond acceptors (Lipinski definition) is 15. The molecule has 594 valence electrons. The minimum absolute atomic E-state index is 0.0528. The summed E-state index contributed by atoms with van der Waals surface area (Å²) in [4.78, 5) is 120. The molecule has 9 N–H and O–H groups in total. The van der Waals surface area contributed by atoms with Gasteiger partial charge in [-0.3, -0.25) is 33.6 Å². The van der Waals surface area contributed by atoms with E-state index in [1.807, 2.05) is 224 Å². The lowest BCUT2D eigenvalue weighted by Crippen LogP contribution is -2.18. The number of aliphatic hydroxyl groups is 1. The summed E-state index contributed by atoms with van der Waals surface area (Å²) in [5.41, 5.74) is 20.3. The summed E-state index contributed by atoms with van der Waals surface area (Å²) in [6.45, 7) is 3.04. The first-order valence-corrected chi connectivity index (χ1v) is 38.8. The van der Waals surface area contributed by atoms with Gasteiger partial charge in [0.1, 0.15) is 13.2 Å². The van der Waals surface area contributed by atoms with Crippen molar-refractivity contribution in [2.45, 2.75) is 83.0 Å². The average molecular weight is 1580 g/mol. The van der Waals surface area contributed by atoms with Crippen molar-refractivity contribution in [1.82, 2.24) is 20.4 Å². The molecule has 4 amide bonds. The SMILES string of the molecule is CC(=O)OCc1cccc(-c2[nH]c3cc(NC(=O)[C@@H]4C[C@H]4c4ccccc4)cc4c3c2C=NNC4=O)c1.COC(=O)c1cc(NC(=O)C2C[C@H]2c2ccccc2)cc2[nH]c(-c3cccc(CO)c3)cc12.COC(=O)c1cc(NC(=O)C2C[C@H]2c2ccccc2)cc2[nH]c(-c3cccc(COC(C)=O)c3)cc12.O=C(O)C1C[C@H]1c1ccccc1. The van der Waals surface area contributed by atoms with Gasteiger partial charge in [0, 0.05) is 98.3 Å². The Morgan fingerprint density at radius 3 is 1.22 bits per heavy atom. The number of benzene rings is 10. The van der Waals surface area contributed by atoms with E-state index in [1.165, 1.54) is 33.6 Å². The number of aromatic nitrogens is 3. The van der Waals surface area contributed by atoms with Crippen molar-refractivity contribution >= 4 is 109 Å². The Hall–Kier alpha value is -14.3. The number of nitrogens with zero attached hydrogens (tertiary/aromatic N) is 1. The number of aromatic amines is 3. The number of aliphatic hydroxyl groups excluding tert-OH is 1. The van der Waals surface area contributed by atoms with Gasteiger partial charge in [0.05, 0.1) is 55.3 Å². The third-order valence-electron chi connectivity index (χ3n) is 21.8. The van der Waals surface area contributed by atoms with Crippen LogP contribution in [0.5, 0.6) is 0 Å². The van der Waals surface area contributed by atoms with Gasteiger partial charge in [-0.15, -0.1) is 0 Å². The monoisotopic (exact) mass is 1580 g/mol. The molecule has 4 fully saturated rings. The topological polar surface area (TPSA) is 339 Å². The molecule has 13 aromatic rings. The predicted molar refractivity (Wildman–Crippen MR) is 448 cm³/mol. The van der Waals surface area contributed by atoms with Crippen LogP contribution in [0.2, 0.25) is 0 Å². The quantitative estimate of drug-likeness (QED) is 0.0238. The van der Waals surface area contributed by atoms with Gasteiger partial charge in [0.2, 0.25) is 17.7 Å². The number of methoxy groups -OCH3 is 2. The molecule has 0 bridgehead atoms. The number of hydrazone groups is 1. The van der Waals surface area contributed by atoms with E-state index < -0.39 is 17.9 Å². The highest BCUT2D eigenvalue weighted by atomic mass is 16.5. The highest BCUT2D eigenvalue weighted by Gasteiger charge is 2.47. The minimum Gasteiger partial charge on any atom is -0.481 e. The van der Waals surface area contributed by atoms with Crippen LogP contribution in [0.3, 0.4) is 0 Å². The van der Waals surface area contributed by atoms with Gasteiger partial charge >= 0.3 is 29.8 Å². The first-order valence-electron chi connectivity index (χ1n) is 38.8. The number of aliphatic carboxylic acids is 1. The minimum atomic E-state index is -0.663. The molecule has 3 unspecified atom stereocenters. The molecule has 4 heterocycles. The maximum absolute atomic E-state index is 13.0. The van der Waals surface area contributed by atoms with Crippen LogP contribution >= 0.6 is 0 Å². The van der Waals surface area contributed by atoms with E-state index in [4.69, 9.17) is 24.1 Å². The molecule has 23 heteroatoms. The van der Waals surface area contributed by atoms with Crippen molar-refractivity contribution in [3.63, 3.8) is 0 Å². The lowest BCUT2D eigenvalue weighted by molar-refractivity contribution is -0.143. The number of esters is 4. The van der Waals surface area contributed by atoms with Gasteiger partial charge in [-0.05, 0) is 172 Å². The largest absolute Gasteiger partial charge is 0.481 e. The Balaban J connectivity index is 0.000000129. The van der Waals surface area contributed by atoms with Crippen LogP contribution < -0.4 is 21.4 Å². The van der Waals surface area contributed by atoms with Crippen LogP contribution in [0.25, 0.3) is 66.5 Å². The summed E-state index contributed by atoms with van der Waals surface area (Å²) in [6.07, 6.45) is 4.85. The van der Waals surface area contributed by atoms with Crippen LogP contribution in [0, 0.1) is 23.7 Å². The number of fused-ring (bicyclic) bond motifs is 2. The van der Waals surface area contributed by atoms with Crippen LogP contribution in [0.4, 0.5) is 17.1 Å². The van der Waals surface area contributed by atoms with E-state index >= 15 is 0 Å². The number of hydrogen-bond donors (Lipinski definition) is 9. The zero-order chi connectivity index (χ0) is 82.3. The third-order valence-corrected chi connectivity index (χ3v) is 21.8. The molecule has 118 heavy (non-hydrogen) atoms. The standard InChI is InChI=1S/C29H24N4O4.C29H26N2O5.C27H24N2O4.C10H10O2/c1-16(34)37-15-17-6-5-9-19(10-17)27-24-14-30-33-29(36)23-11-20(12-25(32-27)26(23)24)31-28(35)22-13-21(22)18-7-3-2-4-8-18;1-17(32)36-16-18-7-6-10-20(11-18)26-15-23-25(29(34)35-2)12-21(13-27(23)31-26)30-28(33)24-14-22(24)19-8-4-3-5-9-19;1-33-27(32)23-11-19(28-26(31)22-13-20(22)17-7-3-2-4-8-17)12-25-21(23)14-24(29-25)18-9-5-6-16(10-18)15-30;11-10(12)9-6-8(9)7-4-2-1-3-5-7/h2-12,14,21-22,32H,13,15H2,1H3,(H,31,35)(H,33,36);3-13,15,22,24,31H,14,16H2,1-2H3,(H,30,33);2-12,14,20,22,29-30H,13,15H2,1H3,(H,28,31);1-5,8-9H,6H2,(H,11,12)/t21-,22+;22-,24?;20-,22?;8-,9?/m0000/s1. The molecule has 1 aliphatic heterocycles. The fraction of sp³-hybridized carbons (Fsp3) is 0.200. The lowest BCUT2D eigenvalue weighted by atomic mass is 10.0. The highest BCUT2D eigenvalue weighted by Crippen LogP contribution is 2.51. The van der Waals surface area contributed by atoms with E-state index in [0.717, 1.165) is 104 Å². The van der Waals surface area contributed by atoms with Gasteiger partial charge in [-0.2, -0.15) is 5.10 Å². The summed E-state index contributed by atoms with van der Waals surface area (Å²) in [5, 5.41) is 33.3. The molecule has 0 radical (unpaired) electrons. The van der Waals surface area contributed by atoms with Crippen LogP contribution in [0.1, 0.15) is 139 Å². The highest BCUT2D eigenvalue weighted by molar-refractivity contribution is 6.19. The molecule has 4 aliphatic carbocycles. The molecule has 23 nitrogen and oxygen atoms in total. The Morgan fingerprint density at radius 2 is 0.814 bits per heavy atom. The Kier molecular flexibility index (Phi) is 23.3. The van der Waals surface area contributed by atoms with E-state index in [0.29, 0.717) is 61.1 Å². The number of carboxylic acids is 1. The number of amides is 4.